The van der Waals surface area contributed by atoms with E-state index in [9.17, 15) is 9.50 Å². The number of nitrogens with zero attached hydrogens (tertiary/aromatic N) is 1. The first-order chi connectivity index (χ1) is 18.2. The van der Waals surface area contributed by atoms with Crippen LogP contribution in [0.25, 0.3) is 11.1 Å². The van der Waals surface area contributed by atoms with Crippen LogP contribution in [-0.2, 0) is 19.3 Å². The van der Waals surface area contributed by atoms with E-state index in [1.165, 1.54) is 11.6 Å². The molecule has 204 valence electrons. The Morgan fingerprint density at radius 1 is 1.03 bits per heavy atom. The average Bonchev–Trinajstić information content (AvgIpc) is 2.91. The van der Waals surface area contributed by atoms with Crippen LogP contribution >= 0.6 is 0 Å². The molecule has 3 N–H and O–H groups in total. The molecule has 3 aromatic rings. The summed E-state index contributed by atoms with van der Waals surface area (Å²) in [5, 5.41) is 10.9. The molecule has 0 saturated carbocycles. The summed E-state index contributed by atoms with van der Waals surface area (Å²) < 4.78 is 32.1. The van der Waals surface area contributed by atoms with Crippen molar-refractivity contribution in [1.82, 2.24) is 4.90 Å². The molecule has 0 aliphatic heterocycles. The van der Waals surface area contributed by atoms with Crippen molar-refractivity contribution in [3.05, 3.63) is 64.5 Å². The Morgan fingerprint density at radius 3 is 2.47 bits per heavy atom. The lowest BCUT2D eigenvalue weighted by molar-refractivity contribution is 0.204. The fourth-order valence-corrected chi connectivity index (χ4v) is 5.12. The van der Waals surface area contributed by atoms with Crippen molar-refractivity contribution in [3.8, 4) is 34.1 Å². The summed E-state index contributed by atoms with van der Waals surface area (Å²) in [5.41, 5.74) is 12.5. The molecule has 0 amide bonds. The molecule has 6 nitrogen and oxygen atoms in total. The number of methoxy groups -OCH3 is 2. The summed E-state index contributed by atoms with van der Waals surface area (Å²) in [6, 6.07) is 10.9. The van der Waals surface area contributed by atoms with Crippen molar-refractivity contribution in [3.63, 3.8) is 0 Å². The number of likely N-dealkylation sites (N-methyl/N-ethyl adjacent to an activating group) is 1. The molecule has 4 rings (SSSR count). The van der Waals surface area contributed by atoms with E-state index < -0.39 is 5.82 Å². The van der Waals surface area contributed by atoms with Crippen LogP contribution < -0.4 is 19.9 Å². The molecule has 0 spiro atoms. The van der Waals surface area contributed by atoms with E-state index >= 15 is 0 Å². The fourth-order valence-electron chi connectivity index (χ4n) is 5.12. The van der Waals surface area contributed by atoms with Gasteiger partial charge in [-0.2, -0.15) is 0 Å². The van der Waals surface area contributed by atoms with Gasteiger partial charge in [-0.05, 0) is 87.5 Å². The van der Waals surface area contributed by atoms with Crippen molar-refractivity contribution in [2.45, 2.75) is 52.0 Å². The Labute approximate surface area is 225 Å². The molecule has 0 aromatic heterocycles. The Balaban J connectivity index is 1.70. The quantitative estimate of drug-likeness (QED) is 0.319. The van der Waals surface area contributed by atoms with Gasteiger partial charge in [0.1, 0.15) is 12.4 Å². The van der Waals surface area contributed by atoms with Gasteiger partial charge in [-0.3, -0.25) is 0 Å². The lowest BCUT2D eigenvalue weighted by atomic mass is 9.84. The molecule has 0 fully saturated rings. The van der Waals surface area contributed by atoms with Crippen LogP contribution in [0.15, 0.2) is 36.4 Å². The van der Waals surface area contributed by atoms with Gasteiger partial charge in [-0.1, -0.05) is 12.1 Å². The second-order valence-electron chi connectivity index (χ2n) is 10.2. The van der Waals surface area contributed by atoms with Gasteiger partial charge in [-0.15, -0.1) is 0 Å². The second-order valence-corrected chi connectivity index (χ2v) is 10.2. The maximum Gasteiger partial charge on any atom is 0.166 e. The highest BCUT2D eigenvalue weighted by Gasteiger charge is 2.25. The lowest BCUT2D eigenvalue weighted by Crippen LogP contribution is -2.30. The van der Waals surface area contributed by atoms with Gasteiger partial charge in [0.15, 0.2) is 23.1 Å². The number of hydrogen-bond acceptors (Lipinski definition) is 6. The zero-order valence-corrected chi connectivity index (χ0v) is 23.1. The molecular formula is C31H39FN2O4. The third kappa shape index (κ3) is 5.68. The predicted molar refractivity (Wildman–Crippen MR) is 150 cm³/mol. The summed E-state index contributed by atoms with van der Waals surface area (Å²) >= 11 is 0. The number of aromatic hydroxyl groups is 1. The third-order valence-electron chi connectivity index (χ3n) is 7.55. The SMILES string of the molecule is COc1cc(-c2c(O)ccc3c2CCCC3)c(N)c(Cc2ccc(OCCN(C)C(C)C)c(F)c2)c1OC. The number of rotatable bonds is 10. The molecule has 0 unspecified atom stereocenters. The number of phenols is 1. The minimum Gasteiger partial charge on any atom is -0.507 e. The summed E-state index contributed by atoms with van der Waals surface area (Å²) in [7, 11) is 5.15. The minimum absolute atomic E-state index is 0.186. The van der Waals surface area contributed by atoms with Crippen molar-refractivity contribution < 1.29 is 23.7 Å². The Morgan fingerprint density at radius 2 is 1.79 bits per heavy atom. The summed E-state index contributed by atoms with van der Waals surface area (Å²) in [6.07, 6.45) is 4.36. The van der Waals surface area contributed by atoms with Gasteiger partial charge in [0.05, 0.1) is 14.2 Å². The summed E-state index contributed by atoms with van der Waals surface area (Å²) in [4.78, 5) is 2.14. The Bertz CT molecular complexity index is 1290. The van der Waals surface area contributed by atoms with Crippen molar-refractivity contribution in [2.24, 2.45) is 0 Å². The maximum absolute atomic E-state index is 15.0. The van der Waals surface area contributed by atoms with Crippen LogP contribution in [0.1, 0.15) is 48.9 Å². The topological polar surface area (TPSA) is 77.2 Å². The number of phenolic OH excluding ortho intramolecular Hbond substituents is 1. The first-order valence-corrected chi connectivity index (χ1v) is 13.2. The van der Waals surface area contributed by atoms with Gasteiger partial charge in [-0.25, -0.2) is 4.39 Å². The van der Waals surface area contributed by atoms with Crippen LogP contribution in [0.4, 0.5) is 10.1 Å². The highest BCUT2D eigenvalue weighted by Crippen LogP contribution is 2.47. The molecule has 3 aromatic carbocycles. The van der Waals surface area contributed by atoms with E-state index in [-0.39, 0.29) is 11.5 Å². The standard InChI is InChI=1S/C31H39FN2O4/c1-19(2)34(3)14-15-38-27-13-10-20(17-25(27)32)16-24-30(33)23(18-28(36-4)31(24)37-5)29-22-9-7-6-8-21(22)11-12-26(29)35/h10-13,17-19,35H,6-9,14-16,33H2,1-5H3. The molecule has 1 aliphatic rings. The number of hydrogen-bond donors (Lipinski definition) is 2. The lowest BCUT2D eigenvalue weighted by Gasteiger charge is -2.24. The third-order valence-corrected chi connectivity index (χ3v) is 7.55. The number of benzene rings is 3. The molecule has 38 heavy (non-hydrogen) atoms. The smallest absolute Gasteiger partial charge is 0.166 e. The van der Waals surface area contributed by atoms with E-state index in [0.29, 0.717) is 53.9 Å². The van der Waals surface area contributed by atoms with Gasteiger partial charge in [0.2, 0.25) is 0 Å². The van der Waals surface area contributed by atoms with Crippen LogP contribution in [0.3, 0.4) is 0 Å². The van der Waals surface area contributed by atoms with Crippen molar-refractivity contribution >= 4 is 5.69 Å². The number of nitrogens with two attached hydrogens (primary N) is 1. The Kier molecular flexibility index (Phi) is 8.67. The van der Waals surface area contributed by atoms with Crippen LogP contribution in [-0.4, -0.2) is 50.5 Å². The second kappa shape index (κ2) is 11.9. The maximum atomic E-state index is 15.0. The van der Waals surface area contributed by atoms with E-state index in [1.54, 1.807) is 26.4 Å². The summed E-state index contributed by atoms with van der Waals surface area (Å²) in [6.45, 7) is 5.31. The van der Waals surface area contributed by atoms with E-state index in [4.69, 9.17) is 19.9 Å². The highest BCUT2D eigenvalue weighted by molar-refractivity contribution is 5.88. The van der Waals surface area contributed by atoms with Gasteiger partial charge in [0, 0.05) is 41.4 Å². The van der Waals surface area contributed by atoms with Gasteiger partial charge < -0.3 is 30.0 Å². The minimum atomic E-state index is -0.426. The molecule has 0 saturated heterocycles. The summed E-state index contributed by atoms with van der Waals surface area (Å²) in [5.74, 6) is 0.985. The van der Waals surface area contributed by atoms with Crippen molar-refractivity contribution in [2.75, 3.05) is 40.2 Å². The average molecular weight is 523 g/mol. The van der Waals surface area contributed by atoms with E-state index in [0.717, 1.165) is 42.4 Å². The van der Waals surface area contributed by atoms with Crippen LogP contribution in [0.5, 0.6) is 23.0 Å². The number of anilines is 1. The zero-order valence-electron chi connectivity index (χ0n) is 23.1. The monoisotopic (exact) mass is 522 g/mol. The van der Waals surface area contributed by atoms with Gasteiger partial charge in [0.25, 0.3) is 0 Å². The molecule has 0 heterocycles. The molecule has 0 atom stereocenters. The van der Waals surface area contributed by atoms with Gasteiger partial charge >= 0.3 is 0 Å². The fraction of sp³-hybridized carbons (Fsp3) is 0.419. The first kappa shape index (κ1) is 27.6. The van der Waals surface area contributed by atoms with E-state index in [1.807, 2.05) is 25.2 Å². The molecule has 7 heteroatoms. The predicted octanol–water partition coefficient (Wildman–Crippen LogP) is 5.99. The Hall–Kier alpha value is -3.45. The molecule has 0 bridgehead atoms. The number of ether oxygens (including phenoxy) is 3. The molecule has 1 aliphatic carbocycles. The normalized spacial score (nSPS) is 13.1. The van der Waals surface area contributed by atoms with Crippen molar-refractivity contribution in [1.29, 1.82) is 0 Å². The largest absolute Gasteiger partial charge is 0.507 e. The zero-order chi connectivity index (χ0) is 27.4. The number of halogens is 1. The number of fused-ring (bicyclic) bond motifs is 1. The van der Waals surface area contributed by atoms with E-state index in [2.05, 4.69) is 18.7 Å². The highest BCUT2D eigenvalue weighted by atomic mass is 19.1. The molecule has 0 radical (unpaired) electrons. The first-order valence-electron chi connectivity index (χ1n) is 13.2. The van der Waals surface area contributed by atoms with Crippen LogP contribution in [0, 0.1) is 5.82 Å². The number of aryl methyl sites for hydroxylation is 1. The molecular weight excluding hydrogens is 483 g/mol. The number of nitrogen functional groups attached to an aromatic ring is 1. The van der Waals surface area contributed by atoms with Crippen LogP contribution in [0.2, 0.25) is 0 Å².